The molecule has 0 spiro atoms. The molecule has 2 N–H and O–H groups in total. The highest BCUT2D eigenvalue weighted by Crippen LogP contribution is 2.49. The third kappa shape index (κ3) is 4.04. The predicted octanol–water partition coefficient (Wildman–Crippen LogP) is 3.55. The number of hydrogen-bond donors (Lipinski definition) is 2. The Hall–Kier alpha value is -3.13. The van der Waals surface area contributed by atoms with Crippen LogP contribution < -0.4 is 14.9 Å². The second-order valence-corrected chi connectivity index (χ2v) is 9.84. The van der Waals surface area contributed by atoms with E-state index in [0.29, 0.717) is 22.0 Å². The molecular formula is C25H31N5O3. The molecule has 1 aromatic carbocycles. The summed E-state index contributed by atoms with van der Waals surface area (Å²) in [7, 11) is 3.82. The molecule has 2 heterocycles. The number of nitrogens with zero attached hydrogens (tertiary/aromatic N) is 4. The number of aliphatic hydroxyl groups is 1. The Bertz CT molecular complexity index is 1210. The number of aryl methyl sites for hydroxylation is 1. The SMILES string of the molecule is Cc1cccc(C(=O)Nc2cc3cn(C4CCC(O)(C5CC5)CC4)nc3cc2N(C)C)[n+]1[O-]. The number of benzene rings is 1. The van der Waals surface area contributed by atoms with Crippen molar-refractivity contribution in [2.45, 2.75) is 57.1 Å². The van der Waals surface area contributed by atoms with E-state index in [-0.39, 0.29) is 11.7 Å². The summed E-state index contributed by atoms with van der Waals surface area (Å²) in [4.78, 5) is 14.8. The zero-order valence-corrected chi connectivity index (χ0v) is 19.4. The number of anilines is 2. The first-order chi connectivity index (χ1) is 15.7. The van der Waals surface area contributed by atoms with Crippen LogP contribution in [0.2, 0.25) is 0 Å². The minimum atomic E-state index is -0.479. The molecule has 0 saturated heterocycles. The Balaban J connectivity index is 1.41. The first-order valence-electron chi connectivity index (χ1n) is 11.7. The highest BCUT2D eigenvalue weighted by atomic mass is 16.5. The van der Waals surface area contributed by atoms with E-state index in [1.807, 2.05) is 42.0 Å². The molecule has 0 bridgehead atoms. The van der Waals surface area contributed by atoms with Gasteiger partial charge in [0.15, 0.2) is 5.69 Å². The van der Waals surface area contributed by atoms with E-state index >= 15 is 0 Å². The standard InChI is InChI=1S/C25H31N5O3/c1-16-5-4-6-22(30(16)33)24(31)26-21-13-17-15-29(27-20(17)14-23(21)28(2)3)19-9-11-25(32,12-10-19)18-7-8-18/h4-6,13-15,18-19,32H,7-12H2,1-3H3,(H,26,31). The summed E-state index contributed by atoms with van der Waals surface area (Å²) in [5.74, 6) is 0.0420. The van der Waals surface area contributed by atoms with Crippen molar-refractivity contribution < 1.29 is 14.6 Å². The van der Waals surface area contributed by atoms with Crippen LogP contribution in [0.4, 0.5) is 11.4 Å². The first-order valence-corrected chi connectivity index (χ1v) is 11.7. The molecule has 0 atom stereocenters. The van der Waals surface area contributed by atoms with Gasteiger partial charge in [0.1, 0.15) is 0 Å². The van der Waals surface area contributed by atoms with Crippen molar-refractivity contribution in [1.82, 2.24) is 9.78 Å². The van der Waals surface area contributed by atoms with E-state index in [0.717, 1.165) is 55.1 Å². The Morgan fingerprint density at radius 1 is 1.24 bits per heavy atom. The maximum absolute atomic E-state index is 12.9. The maximum atomic E-state index is 12.9. The molecule has 0 radical (unpaired) electrons. The third-order valence-electron chi connectivity index (χ3n) is 7.27. The van der Waals surface area contributed by atoms with Crippen molar-refractivity contribution in [3.8, 4) is 0 Å². The number of rotatable bonds is 5. The molecule has 2 saturated carbocycles. The van der Waals surface area contributed by atoms with Crippen molar-refractivity contribution in [3.05, 3.63) is 53.1 Å². The molecule has 1 amide bonds. The average molecular weight is 450 g/mol. The van der Waals surface area contributed by atoms with Gasteiger partial charge in [-0.25, -0.2) is 0 Å². The molecule has 5 rings (SSSR count). The van der Waals surface area contributed by atoms with Crippen LogP contribution >= 0.6 is 0 Å². The van der Waals surface area contributed by atoms with E-state index in [9.17, 15) is 15.1 Å². The summed E-state index contributed by atoms with van der Waals surface area (Å²) in [6, 6.07) is 9.04. The van der Waals surface area contributed by atoms with Crippen LogP contribution in [0, 0.1) is 18.0 Å². The Morgan fingerprint density at radius 3 is 2.64 bits per heavy atom. The number of nitrogens with one attached hydrogen (secondary N) is 1. The fraction of sp³-hybridized carbons (Fsp3) is 0.480. The van der Waals surface area contributed by atoms with E-state index in [1.54, 1.807) is 19.1 Å². The lowest BCUT2D eigenvalue weighted by molar-refractivity contribution is -0.614. The van der Waals surface area contributed by atoms with Crippen molar-refractivity contribution in [3.63, 3.8) is 0 Å². The molecule has 3 aromatic rings. The molecular weight excluding hydrogens is 418 g/mol. The van der Waals surface area contributed by atoms with E-state index in [2.05, 4.69) is 5.32 Å². The Kier molecular flexibility index (Phi) is 5.28. The van der Waals surface area contributed by atoms with Gasteiger partial charge in [0.05, 0.1) is 28.5 Å². The van der Waals surface area contributed by atoms with Gasteiger partial charge in [0.25, 0.3) is 5.69 Å². The smallest absolute Gasteiger partial charge is 0.321 e. The Morgan fingerprint density at radius 2 is 1.97 bits per heavy atom. The zero-order chi connectivity index (χ0) is 23.3. The quantitative estimate of drug-likeness (QED) is 0.459. The summed E-state index contributed by atoms with van der Waals surface area (Å²) in [6.07, 6.45) is 7.83. The van der Waals surface area contributed by atoms with Crippen LogP contribution in [-0.4, -0.2) is 40.5 Å². The van der Waals surface area contributed by atoms with Gasteiger partial charge in [-0.05, 0) is 62.6 Å². The molecule has 0 aliphatic heterocycles. The van der Waals surface area contributed by atoms with Gasteiger partial charge in [-0.1, -0.05) is 0 Å². The van der Waals surface area contributed by atoms with Crippen molar-refractivity contribution in [2.75, 3.05) is 24.3 Å². The van der Waals surface area contributed by atoms with Crippen molar-refractivity contribution in [2.24, 2.45) is 5.92 Å². The van der Waals surface area contributed by atoms with Crippen LogP contribution in [0.15, 0.2) is 36.5 Å². The van der Waals surface area contributed by atoms with Gasteiger partial charge in [-0.2, -0.15) is 9.83 Å². The van der Waals surface area contributed by atoms with Gasteiger partial charge < -0.3 is 20.5 Å². The van der Waals surface area contributed by atoms with Gasteiger partial charge in [-0.15, -0.1) is 0 Å². The molecule has 33 heavy (non-hydrogen) atoms. The minimum absolute atomic E-state index is 0.0563. The van der Waals surface area contributed by atoms with E-state index in [4.69, 9.17) is 5.10 Å². The topological polar surface area (TPSA) is 97.3 Å². The van der Waals surface area contributed by atoms with Gasteiger partial charge in [0.2, 0.25) is 0 Å². The molecule has 8 heteroatoms. The molecule has 174 valence electrons. The van der Waals surface area contributed by atoms with Crippen LogP contribution in [0.3, 0.4) is 0 Å². The fourth-order valence-corrected chi connectivity index (χ4v) is 5.09. The lowest BCUT2D eigenvalue weighted by Gasteiger charge is -2.36. The Labute approximate surface area is 193 Å². The second kappa shape index (κ2) is 8.02. The molecule has 0 unspecified atom stereocenters. The average Bonchev–Trinajstić information content (AvgIpc) is 3.56. The second-order valence-electron chi connectivity index (χ2n) is 9.84. The number of aromatic nitrogens is 3. The molecule has 8 nitrogen and oxygen atoms in total. The predicted molar refractivity (Wildman–Crippen MR) is 127 cm³/mol. The van der Waals surface area contributed by atoms with Gasteiger partial charge in [0, 0.05) is 44.7 Å². The van der Waals surface area contributed by atoms with E-state index in [1.165, 1.54) is 6.07 Å². The van der Waals surface area contributed by atoms with Crippen LogP contribution in [0.25, 0.3) is 10.9 Å². The summed E-state index contributed by atoms with van der Waals surface area (Å²) >= 11 is 0. The number of amides is 1. The molecule has 2 aromatic heterocycles. The lowest BCUT2D eigenvalue weighted by Crippen LogP contribution is -2.39. The number of pyridine rings is 1. The molecule has 2 aliphatic carbocycles. The summed E-state index contributed by atoms with van der Waals surface area (Å²) in [5, 5.41) is 31.9. The third-order valence-corrected chi connectivity index (χ3v) is 7.27. The fourth-order valence-electron chi connectivity index (χ4n) is 5.09. The largest absolute Gasteiger partial charge is 0.618 e. The van der Waals surface area contributed by atoms with Crippen LogP contribution in [0.5, 0.6) is 0 Å². The van der Waals surface area contributed by atoms with Gasteiger partial charge in [-0.3, -0.25) is 9.48 Å². The molecule has 2 fully saturated rings. The van der Waals surface area contributed by atoms with Crippen molar-refractivity contribution >= 4 is 28.2 Å². The lowest BCUT2D eigenvalue weighted by atomic mass is 9.79. The molecule has 2 aliphatic rings. The highest BCUT2D eigenvalue weighted by Gasteiger charge is 2.45. The van der Waals surface area contributed by atoms with Gasteiger partial charge >= 0.3 is 5.91 Å². The number of hydrogen-bond acceptors (Lipinski definition) is 5. The van der Waals surface area contributed by atoms with E-state index < -0.39 is 11.5 Å². The number of carbonyl (C=O) groups is 1. The summed E-state index contributed by atoms with van der Waals surface area (Å²) in [6.45, 7) is 1.67. The van der Waals surface area contributed by atoms with Crippen LogP contribution in [-0.2, 0) is 0 Å². The minimum Gasteiger partial charge on any atom is -0.618 e. The summed E-state index contributed by atoms with van der Waals surface area (Å²) in [5.41, 5.74) is 2.35. The normalized spacial score (nSPS) is 23.0. The number of fused-ring (bicyclic) bond motifs is 1. The van der Waals surface area contributed by atoms with Crippen LogP contribution in [0.1, 0.15) is 60.7 Å². The maximum Gasteiger partial charge on any atom is 0.321 e. The monoisotopic (exact) mass is 449 g/mol. The first kappa shape index (κ1) is 21.7. The zero-order valence-electron chi connectivity index (χ0n) is 19.4. The van der Waals surface area contributed by atoms with Crippen molar-refractivity contribution in [1.29, 1.82) is 0 Å². The summed E-state index contributed by atoms with van der Waals surface area (Å²) < 4.78 is 2.67. The number of carbonyl (C=O) groups excluding carboxylic acids is 1. The highest BCUT2D eigenvalue weighted by molar-refractivity contribution is 6.05.